The zero-order valence-corrected chi connectivity index (χ0v) is 22.4. The number of aromatic nitrogens is 3. The molecule has 198 valence electrons. The minimum Gasteiger partial charge on any atom is -0.493 e. The maximum absolute atomic E-state index is 13.7. The number of unbranched alkanes of at least 4 members (excludes halogenated alkanes) is 1. The van der Waals surface area contributed by atoms with Crippen molar-refractivity contribution in [2.45, 2.75) is 62.3 Å². The van der Waals surface area contributed by atoms with Crippen molar-refractivity contribution in [1.29, 1.82) is 0 Å². The molecule has 7 nitrogen and oxygen atoms in total. The second kappa shape index (κ2) is 11.3. The van der Waals surface area contributed by atoms with Gasteiger partial charge in [0.1, 0.15) is 11.6 Å². The lowest BCUT2D eigenvalue weighted by Gasteiger charge is -2.25. The molecule has 0 saturated carbocycles. The molecular formula is C29H30FN3O4S. The lowest BCUT2D eigenvalue weighted by Crippen LogP contribution is -2.27. The predicted octanol–water partition coefficient (Wildman–Crippen LogP) is 5.63. The Morgan fingerprint density at radius 2 is 1.71 bits per heavy atom. The molecule has 4 rings (SSSR count). The third-order valence-electron chi connectivity index (χ3n) is 6.61. The van der Waals surface area contributed by atoms with Crippen molar-refractivity contribution in [2.24, 2.45) is 0 Å². The van der Waals surface area contributed by atoms with Crippen LogP contribution in [0.2, 0.25) is 0 Å². The highest BCUT2D eigenvalue weighted by Gasteiger charge is 2.31. The Hall–Kier alpha value is -3.85. The van der Waals surface area contributed by atoms with E-state index in [1.54, 1.807) is 36.7 Å². The first kappa shape index (κ1) is 27.2. The van der Waals surface area contributed by atoms with Gasteiger partial charge in [-0.1, -0.05) is 44.5 Å². The Balaban J connectivity index is 1.86. The highest BCUT2D eigenvalue weighted by atomic mass is 32.2. The van der Waals surface area contributed by atoms with Crippen LogP contribution in [0.3, 0.4) is 0 Å². The van der Waals surface area contributed by atoms with Crippen LogP contribution in [0.1, 0.15) is 56.1 Å². The summed E-state index contributed by atoms with van der Waals surface area (Å²) in [6.45, 7) is 5.75. The van der Waals surface area contributed by atoms with Crippen LogP contribution in [-0.4, -0.2) is 28.1 Å². The van der Waals surface area contributed by atoms with Gasteiger partial charge in [0.15, 0.2) is 4.90 Å². The van der Waals surface area contributed by atoms with E-state index in [1.807, 2.05) is 26.8 Å². The summed E-state index contributed by atoms with van der Waals surface area (Å²) >= 11 is 0. The van der Waals surface area contributed by atoms with E-state index in [0.29, 0.717) is 24.8 Å². The molecule has 0 fully saturated rings. The van der Waals surface area contributed by atoms with Crippen molar-refractivity contribution >= 4 is 9.84 Å². The second-order valence-electron chi connectivity index (χ2n) is 9.15. The molecule has 38 heavy (non-hydrogen) atoms. The van der Waals surface area contributed by atoms with Crippen LogP contribution in [0.5, 0.6) is 5.88 Å². The monoisotopic (exact) mass is 535 g/mol. The number of hydrogen-bond donors (Lipinski definition) is 1. The minimum absolute atomic E-state index is 0.134. The normalized spacial score (nSPS) is 12.4. The molecule has 0 radical (unpaired) electrons. The van der Waals surface area contributed by atoms with E-state index in [4.69, 9.17) is 0 Å². The Labute approximate surface area is 221 Å². The van der Waals surface area contributed by atoms with Crippen molar-refractivity contribution in [1.82, 2.24) is 14.5 Å². The van der Waals surface area contributed by atoms with Crippen molar-refractivity contribution < 1.29 is 17.9 Å². The molecule has 2 heterocycles. The highest BCUT2D eigenvalue weighted by Crippen LogP contribution is 2.34. The van der Waals surface area contributed by atoms with Gasteiger partial charge in [-0.15, -0.1) is 0 Å². The summed E-state index contributed by atoms with van der Waals surface area (Å²) in [6, 6.07) is 13.2. The lowest BCUT2D eigenvalue weighted by atomic mass is 10.0. The van der Waals surface area contributed by atoms with E-state index in [9.17, 15) is 22.7 Å². The summed E-state index contributed by atoms with van der Waals surface area (Å²) in [5.41, 5.74) is 2.28. The molecule has 4 aromatic rings. The Morgan fingerprint density at radius 3 is 2.32 bits per heavy atom. The van der Waals surface area contributed by atoms with Gasteiger partial charge in [0.2, 0.25) is 15.7 Å². The van der Waals surface area contributed by atoms with Crippen LogP contribution in [0.4, 0.5) is 4.39 Å². The SMILES string of the molecule is CCCCc1nc(=O)c(S(=O)(=O)c2ccc(-c3ccncc3C)cc2)c(O)n1[C@@H](CC)c1ccc(F)cc1. The van der Waals surface area contributed by atoms with E-state index in [0.717, 1.165) is 23.1 Å². The van der Waals surface area contributed by atoms with Crippen molar-refractivity contribution in [3.8, 4) is 17.0 Å². The molecule has 0 unspecified atom stereocenters. The fourth-order valence-corrected chi connectivity index (χ4v) is 5.95. The number of benzene rings is 2. The Bertz CT molecular complexity index is 1600. The quantitative estimate of drug-likeness (QED) is 0.298. The van der Waals surface area contributed by atoms with Gasteiger partial charge < -0.3 is 5.11 Å². The number of rotatable bonds is 9. The first-order valence-corrected chi connectivity index (χ1v) is 14.0. The number of pyridine rings is 1. The minimum atomic E-state index is -4.42. The molecule has 1 atom stereocenters. The van der Waals surface area contributed by atoms with Crippen molar-refractivity contribution in [3.63, 3.8) is 0 Å². The molecule has 0 aliphatic rings. The topological polar surface area (TPSA) is 102 Å². The number of sulfone groups is 1. The fourth-order valence-electron chi connectivity index (χ4n) is 4.60. The third kappa shape index (κ3) is 5.24. The molecule has 9 heteroatoms. The maximum Gasteiger partial charge on any atom is 0.296 e. The van der Waals surface area contributed by atoms with Gasteiger partial charge in [0.25, 0.3) is 5.56 Å². The largest absolute Gasteiger partial charge is 0.493 e. The molecule has 2 aromatic heterocycles. The lowest BCUT2D eigenvalue weighted by molar-refractivity contribution is 0.358. The average Bonchev–Trinajstić information content (AvgIpc) is 2.90. The molecule has 2 aromatic carbocycles. The van der Waals surface area contributed by atoms with Gasteiger partial charge in [-0.2, -0.15) is 4.98 Å². The van der Waals surface area contributed by atoms with Gasteiger partial charge >= 0.3 is 0 Å². The number of nitrogens with zero attached hydrogens (tertiary/aromatic N) is 3. The molecule has 0 saturated heterocycles. The predicted molar refractivity (Wildman–Crippen MR) is 143 cm³/mol. The van der Waals surface area contributed by atoms with E-state index < -0.39 is 38.0 Å². The average molecular weight is 536 g/mol. The van der Waals surface area contributed by atoms with E-state index in [1.165, 1.54) is 28.8 Å². The third-order valence-corrected chi connectivity index (χ3v) is 8.39. The smallest absolute Gasteiger partial charge is 0.296 e. The molecule has 0 amide bonds. The zero-order valence-electron chi connectivity index (χ0n) is 21.6. The Morgan fingerprint density at radius 1 is 1.03 bits per heavy atom. The van der Waals surface area contributed by atoms with E-state index >= 15 is 0 Å². The first-order chi connectivity index (χ1) is 18.2. The van der Waals surface area contributed by atoms with E-state index in [-0.39, 0.29) is 10.7 Å². The number of aryl methyl sites for hydroxylation is 2. The van der Waals surface area contributed by atoms with Crippen LogP contribution in [0.15, 0.2) is 81.6 Å². The first-order valence-electron chi connectivity index (χ1n) is 12.5. The summed E-state index contributed by atoms with van der Waals surface area (Å²) < 4.78 is 42.4. The second-order valence-corrected chi connectivity index (χ2v) is 11.0. The van der Waals surface area contributed by atoms with Gasteiger partial charge in [-0.3, -0.25) is 14.3 Å². The van der Waals surface area contributed by atoms with Gasteiger partial charge in [0.05, 0.1) is 10.9 Å². The summed E-state index contributed by atoms with van der Waals surface area (Å²) in [4.78, 5) is 20.4. The zero-order chi connectivity index (χ0) is 27.4. The summed E-state index contributed by atoms with van der Waals surface area (Å²) in [6.07, 6.45) is 5.70. The molecule has 0 aliphatic carbocycles. The number of hydrogen-bond acceptors (Lipinski definition) is 6. The summed E-state index contributed by atoms with van der Waals surface area (Å²) in [5.74, 6) is -0.792. The van der Waals surface area contributed by atoms with Gasteiger partial charge in [-0.25, -0.2) is 12.8 Å². The van der Waals surface area contributed by atoms with Crippen LogP contribution in [0, 0.1) is 12.7 Å². The van der Waals surface area contributed by atoms with Crippen LogP contribution in [0.25, 0.3) is 11.1 Å². The standard InChI is InChI=1S/C29H30FN3O4S/c1-4-6-7-26-32-28(34)27(29(35)33(26)25(5-2)21-8-12-22(30)13-9-21)38(36,37)23-14-10-20(11-15-23)24-16-17-31-18-19(24)3/h8-18,25,35H,4-7H2,1-3H3/t25-/m0/s1. The molecule has 0 bridgehead atoms. The van der Waals surface area contributed by atoms with Crippen LogP contribution in [-0.2, 0) is 16.3 Å². The molecule has 1 N–H and O–H groups in total. The van der Waals surface area contributed by atoms with Crippen LogP contribution >= 0.6 is 0 Å². The molecular weight excluding hydrogens is 505 g/mol. The Kier molecular flexibility index (Phi) is 8.06. The number of halogens is 1. The van der Waals surface area contributed by atoms with E-state index in [2.05, 4.69) is 9.97 Å². The summed E-state index contributed by atoms with van der Waals surface area (Å²) in [5, 5.41) is 11.4. The van der Waals surface area contributed by atoms with Crippen molar-refractivity contribution in [2.75, 3.05) is 0 Å². The molecule has 0 aliphatic heterocycles. The maximum atomic E-state index is 13.7. The fraction of sp³-hybridized carbons (Fsp3) is 0.276. The van der Waals surface area contributed by atoms with Gasteiger partial charge in [-0.05, 0) is 72.4 Å². The molecule has 0 spiro atoms. The number of aromatic hydroxyl groups is 1. The highest BCUT2D eigenvalue weighted by molar-refractivity contribution is 7.91. The van der Waals surface area contributed by atoms with Gasteiger partial charge in [0, 0.05) is 18.8 Å². The summed E-state index contributed by atoms with van der Waals surface area (Å²) in [7, 11) is -4.42. The van der Waals surface area contributed by atoms with Crippen molar-refractivity contribution in [3.05, 3.63) is 100 Å². The van der Waals surface area contributed by atoms with Crippen LogP contribution < -0.4 is 5.56 Å².